The Labute approximate surface area is 174 Å². The molecule has 0 spiro atoms. The highest BCUT2D eigenvalue weighted by Crippen LogP contribution is 2.23. The number of nitrogens with zero attached hydrogens (tertiary/aromatic N) is 6. The number of piperazine rings is 1. The number of rotatable bonds is 5. The molecule has 1 fully saturated rings. The maximum atomic E-state index is 12.8. The molecule has 2 aromatic heterocycles. The van der Waals surface area contributed by atoms with Crippen molar-refractivity contribution in [1.82, 2.24) is 29.4 Å². The zero-order valence-electron chi connectivity index (χ0n) is 16.5. The number of hydrogen-bond acceptors (Lipinski definition) is 6. The molecule has 0 bridgehead atoms. The number of para-hydroxylation sites is 1. The lowest BCUT2D eigenvalue weighted by atomic mass is 10.3. The molecule has 0 unspecified atom stereocenters. The molecule has 0 N–H and O–H groups in total. The fraction of sp³-hybridized carbons (Fsp3) is 0.400. The van der Waals surface area contributed by atoms with Gasteiger partial charge < -0.3 is 9.64 Å². The first-order valence-corrected chi connectivity index (χ1v) is 9.99. The van der Waals surface area contributed by atoms with Crippen LogP contribution in [0.5, 0.6) is 5.75 Å². The van der Waals surface area contributed by atoms with Crippen LogP contribution in [0.4, 0.5) is 0 Å². The Morgan fingerprint density at radius 3 is 2.66 bits per heavy atom. The number of hydrogen-bond donors (Lipinski definition) is 0. The maximum Gasteiger partial charge on any atom is 0.293 e. The molecule has 1 aliphatic rings. The van der Waals surface area contributed by atoms with Gasteiger partial charge in [-0.1, -0.05) is 23.7 Å². The van der Waals surface area contributed by atoms with Crippen molar-refractivity contribution in [2.45, 2.75) is 13.8 Å². The number of carbonyl (C=O) groups excluding carboxylic acids is 1. The predicted octanol–water partition coefficient (Wildman–Crippen LogP) is 2.23. The second-order valence-corrected chi connectivity index (χ2v) is 7.51. The van der Waals surface area contributed by atoms with E-state index < -0.39 is 0 Å². The average molecular weight is 415 g/mol. The molecule has 3 heterocycles. The average Bonchev–Trinajstić information content (AvgIpc) is 3.14. The minimum absolute atomic E-state index is 0.153. The molecular weight excluding hydrogens is 392 g/mol. The SMILES string of the molecule is Cc1cc(C)n2nc(C(=O)N3CCN(CCOc4ccccc4Cl)CC3)nc2n1. The Kier molecular flexibility index (Phi) is 5.64. The number of benzene rings is 1. The summed E-state index contributed by atoms with van der Waals surface area (Å²) in [6, 6.07) is 9.37. The minimum Gasteiger partial charge on any atom is -0.491 e. The smallest absolute Gasteiger partial charge is 0.293 e. The molecule has 4 rings (SSSR count). The fourth-order valence-corrected chi connectivity index (χ4v) is 3.61. The van der Waals surface area contributed by atoms with Crippen molar-refractivity contribution in [2.24, 2.45) is 0 Å². The monoisotopic (exact) mass is 414 g/mol. The second kappa shape index (κ2) is 8.34. The summed E-state index contributed by atoms with van der Waals surface area (Å²) < 4.78 is 7.37. The third-order valence-corrected chi connectivity index (χ3v) is 5.28. The number of amides is 1. The van der Waals surface area contributed by atoms with E-state index in [9.17, 15) is 4.79 Å². The third kappa shape index (κ3) is 4.33. The summed E-state index contributed by atoms with van der Waals surface area (Å²) in [7, 11) is 0. The van der Waals surface area contributed by atoms with E-state index in [1.54, 1.807) is 9.42 Å². The number of aryl methyl sites for hydroxylation is 2. The summed E-state index contributed by atoms with van der Waals surface area (Å²) in [6.45, 7) is 7.98. The van der Waals surface area contributed by atoms with Crippen LogP contribution in [0.25, 0.3) is 5.78 Å². The normalized spacial score (nSPS) is 15.1. The molecule has 8 nitrogen and oxygen atoms in total. The molecule has 9 heteroatoms. The molecule has 152 valence electrons. The van der Waals surface area contributed by atoms with E-state index in [4.69, 9.17) is 16.3 Å². The van der Waals surface area contributed by atoms with Crippen molar-refractivity contribution in [2.75, 3.05) is 39.3 Å². The van der Waals surface area contributed by atoms with Gasteiger partial charge >= 0.3 is 0 Å². The summed E-state index contributed by atoms with van der Waals surface area (Å²) in [5.74, 6) is 1.20. The third-order valence-electron chi connectivity index (χ3n) is 4.97. The molecule has 1 aliphatic heterocycles. The van der Waals surface area contributed by atoms with Gasteiger partial charge in [0.2, 0.25) is 5.82 Å². The van der Waals surface area contributed by atoms with E-state index in [-0.39, 0.29) is 11.7 Å². The van der Waals surface area contributed by atoms with Crippen LogP contribution in [0.15, 0.2) is 30.3 Å². The molecule has 1 amide bonds. The van der Waals surface area contributed by atoms with Gasteiger partial charge in [0, 0.05) is 44.1 Å². The van der Waals surface area contributed by atoms with E-state index in [1.807, 2.05) is 44.2 Å². The molecule has 0 saturated carbocycles. The van der Waals surface area contributed by atoms with Crippen LogP contribution < -0.4 is 4.74 Å². The highest BCUT2D eigenvalue weighted by molar-refractivity contribution is 6.32. The van der Waals surface area contributed by atoms with Gasteiger partial charge in [0.15, 0.2) is 0 Å². The van der Waals surface area contributed by atoms with Gasteiger partial charge in [-0.25, -0.2) is 9.50 Å². The Balaban J connectivity index is 1.31. The van der Waals surface area contributed by atoms with Gasteiger partial charge in [0.05, 0.1) is 5.02 Å². The minimum atomic E-state index is -0.153. The largest absolute Gasteiger partial charge is 0.491 e. The van der Waals surface area contributed by atoms with Crippen LogP contribution in [0, 0.1) is 13.8 Å². The summed E-state index contributed by atoms with van der Waals surface area (Å²) in [5, 5.41) is 4.96. The molecule has 1 saturated heterocycles. The Morgan fingerprint density at radius 1 is 1.14 bits per heavy atom. The predicted molar refractivity (Wildman–Crippen MR) is 110 cm³/mol. The van der Waals surface area contributed by atoms with Crippen LogP contribution in [-0.4, -0.2) is 74.6 Å². The summed E-state index contributed by atoms with van der Waals surface area (Å²) >= 11 is 6.10. The van der Waals surface area contributed by atoms with Crippen LogP contribution in [-0.2, 0) is 0 Å². The van der Waals surface area contributed by atoms with Crippen molar-refractivity contribution < 1.29 is 9.53 Å². The van der Waals surface area contributed by atoms with Crippen molar-refractivity contribution in [3.05, 3.63) is 52.6 Å². The molecule has 1 aromatic carbocycles. The van der Waals surface area contributed by atoms with Crippen molar-refractivity contribution in [3.8, 4) is 5.75 Å². The quantitative estimate of drug-likeness (QED) is 0.637. The Hall–Kier alpha value is -2.71. The molecule has 3 aromatic rings. The summed E-state index contributed by atoms with van der Waals surface area (Å²) in [6.07, 6.45) is 0. The number of carbonyl (C=O) groups is 1. The van der Waals surface area contributed by atoms with Crippen molar-refractivity contribution in [3.63, 3.8) is 0 Å². The Morgan fingerprint density at radius 2 is 1.90 bits per heavy atom. The van der Waals surface area contributed by atoms with E-state index in [0.717, 1.165) is 31.0 Å². The van der Waals surface area contributed by atoms with E-state index in [2.05, 4.69) is 20.0 Å². The summed E-state index contributed by atoms with van der Waals surface area (Å²) in [5.41, 5.74) is 1.76. The standard InChI is InChI=1S/C20H23ClN6O2/c1-14-13-15(2)27-20(22-14)23-18(24-27)19(28)26-9-7-25(8-10-26)11-12-29-17-6-4-3-5-16(17)21/h3-6,13H,7-12H2,1-2H3. The maximum absolute atomic E-state index is 12.8. The molecular formula is C20H23ClN6O2. The lowest BCUT2D eigenvalue weighted by Crippen LogP contribution is -2.49. The van der Waals surface area contributed by atoms with Crippen LogP contribution in [0.1, 0.15) is 22.0 Å². The van der Waals surface area contributed by atoms with Crippen LogP contribution >= 0.6 is 11.6 Å². The number of aromatic nitrogens is 4. The second-order valence-electron chi connectivity index (χ2n) is 7.10. The molecule has 29 heavy (non-hydrogen) atoms. The van der Waals surface area contributed by atoms with Gasteiger partial charge in [-0.15, -0.1) is 5.10 Å². The first kappa shape index (κ1) is 19.6. The van der Waals surface area contributed by atoms with Crippen LogP contribution in [0.3, 0.4) is 0 Å². The fourth-order valence-electron chi connectivity index (χ4n) is 3.42. The zero-order valence-corrected chi connectivity index (χ0v) is 17.3. The lowest BCUT2D eigenvalue weighted by molar-refractivity contribution is 0.0609. The lowest BCUT2D eigenvalue weighted by Gasteiger charge is -2.34. The first-order chi connectivity index (χ1) is 14.0. The zero-order chi connectivity index (χ0) is 20.4. The van der Waals surface area contributed by atoms with Gasteiger partial charge in [-0.05, 0) is 32.0 Å². The highest BCUT2D eigenvalue weighted by Gasteiger charge is 2.25. The Bertz CT molecular complexity index is 1030. The van der Waals surface area contributed by atoms with Gasteiger partial charge in [-0.3, -0.25) is 9.69 Å². The van der Waals surface area contributed by atoms with Gasteiger partial charge in [0.1, 0.15) is 12.4 Å². The number of halogens is 1. The van der Waals surface area contributed by atoms with E-state index >= 15 is 0 Å². The van der Waals surface area contributed by atoms with Gasteiger partial charge in [-0.2, -0.15) is 4.98 Å². The van der Waals surface area contributed by atoms with Gasteiger partial charge in [0.25, 0.3) is 11.7 Å². The van der Waals surface area contributed by atoms with E-state index in [1.165, 1.54) is 0 Å². The topological polar surface area (TPSA) is 75.9 Å². The van der Waals surface area contributed by atoms with E-state index in [0.29, 0.717) is 36.2 Å². The van der Waals surface area contributed by atoms with Crippen molar-refractivity contribution >= 4 is 23.3 Å². The molecule has 0 aliphatic carbocycles. The summed E-state index contributed by atoms with van der Waals surface area (Å²) in [4.78, 5) is 25.5. The first-order valence-electron chi connectivity index (χ1n) is 9.61. The van der Waals surface area contributed by atoms with Crippen molar-refractivity contribution in [1.29, 1.82) is 0 Å². The molecule has 0 radical (unpaired) electrons. The molecule has 0 atom stereocenters. The van der Waals surface area contributed by atoms with Crippen LogP contribution in [0.2, 0.25) is 5.02 Å². The highest BCUT2D eigenvalue weighted by atomic mass is 35.5. The number of ether oxygens (including phenoxy) is 1. The number of fused-ring (bicyclic) bond motifs is 1.